The van der Waals surface area contributed by atoms with Gasteiger partial charge in [0.05, 0.1) is 12.3 Å². The van der Waals surface area contributed by atoms with E-state index in [2.05, 4.69) is 33.4 Å². The number of pyridine rings is 1. The lowest BCUT2D eigenvalue weighted by molar-refractivity contribution is 0.282. The normalized spacial score (nSPS) is 10.6. The Morgan fingerprint density at radius 1 is 1.20 bits per heavy atom. The first-order chi connectivity index (χ1) is 9.65. The summed E-state index contributed by atoms with van der Waals surface area (Å²) in [6.07, 6.45) is 1.74. The average Bonchev–Trinajstić information content (AvgIpc) is 2.48. The lowest BCUT2D eigenvalue weighted by Crippen LogP contribution is -2.11. The predicted molar refractivity (Wildman–Crippen MR) is 82.7 cm³/mol. The molecule has 0 fully saturated rings. The van der Waals surface area contributed by atoms with E-state index in [0.717, 1.165) is 29.1 Å². The fourth-order valence-electron chi connectivity index (χ4n) is 2.15. The van der Waals surface area contributed by atoms with Crippen LogP contribution in [0.25, 0.3) is 11.3 Å². The molecule has 2 rings (SSSR count). The molecule has 1 aromatic carbocycles. The SMILES string of the molecule is CNCc1ccc(N(C)C)cc1-c1cc(CO)ccn1. The molecule has 0 aliphatic heterocycles. The van der Waals surface area contributed by atoms with Gasteiger partial charge in [0.25, 0.3) is 0 Å². The number of hydrogen-bond donors (Lipinski definition) is 2. The van der Waals surface area contributed by atoms with Crippen molar-refractivity contribution < 1.29 is 5.11 Å². The van der Waals surface area contributed by atoms with Gasteiger partial charge in [-0.2, -0.15) is 0 Å². The maximum atomic E-state index is 9.28. The molecule has 0 aliphatic rings. The van der Waals surface area contributed by atoms with Crippen molar-refractivity contribution in [3.05, 3.63) is 47.7 Å². The van der Waals surface area contributed by atoms with Crippen molar-refractivity contribution in [3.8, 4) is 11.3 Å². The Hall–Kier alpha value is -1.91. The van der Waals surface area contributed by atoms with Crippen molar-refractivity contribution in [2.45, 2.75) is 13.2 Å². The average molecular weight is 271 g/mol. The summed E-state index contributed by atoms with van der Waals surface area (Å²) < 4.78 is 0. The summed E-state index contributed by atoms with van der Waals surface area (Å²) in [6.45, 7) is 0.818. The molecular formula is C16H21N3O. The van der Waals surface area contributed by atoms with Crippen LogP contribution in [0.1, 0.15) is 11.1 Å². The van der Waals surface area contributed by atoms with Crippen LogP contribution in [0.3, 0.4) is 0 Å². The smallest absolute Gasteiger partial charge is 0.0709 e. The van der Waals surface area contributed by atoms with Gasteiger partial charge in [-0.15, -0.1) is 0 Å². The third-order valence-corrected chi connectivity index (χ3v) is 3.26. The number of aromatic nitrogens is 1. The summed E-state index contributed by atoms with van der Waals surface area (Å²) in [6, 6.07) is 10.1. The van der Waals surface area contributed by atoms with Crippen LogP contribution in [0.4, 0.5) is 5.69 Å². The van der Waals surface area contributed by atoms with Crippen molar-refractivity contribution >= 4 is 5.69 Å². The third kappa shape index (κ3) is 3.15. The van der Waals surface area contributed by atoms with E-state index in [1.165, 1.54) is 5.56 Å². The standard InChI is InChI=1S/C16H21N3O/c1-17-10-13-4-5-14(19(2)3)9-15(13)16-8-12(11-20)6-7-18-16/h4-9,17,20H,10-11H2,1-3H3. The van der Waals surface area contributed by atoms with Crippen LogP contribution in [0.15, 0.2) is 36.5 Å². The monoisotopic (exact) mass is 271 g/mol. The van der Waals surface area contributed by atoms with E-state index in [-0.39, 0.29) is 6.61 Å². The largest absolute Gasteiger partial charge is 0.392 e. The molecule has 1 aromatic heterocycles. The van der Waals surface area contributed by atoms with E-state index in [0.29, 0.717) is 0 Å². The second-order valence-electron chi connectivity index (χ2n) is 4.97. The van der Waals surface area contributed by atoms with E-state index in [1.54, 1.807) is 6.20 Å². The highest BCUT2D eigenvalue weighted by Crippen LogP contribution is 2.27. The molecule has 0 spiro atoms. The van der Waals surface area contributed by atoms with E-state index in [4.69, 9.17) is 0 Å². The number of nitrogens with one attached hydrogen (secondary N) is 1. The molecule has 0 amide bonds. The molecule has 4 nitrogen and oxygen atoms in total. The molecule has 0 bridgehead atoms. The van der Waals surface area contributed by atoms with E-state index in [1.807, 2.05) is 33.3 Å². The Labute approximate surface area is 120 Å². The second kappa shape index (κ2) is 6.50. The molecule has 0 saturated heterocycles. The van der Waals surface area contributed by atoms with Gasteiger partial charge in [0.2, 0.25) is 0 Å². The zero-order chi connectivity index (χ0) is 14.5. The van der Waals surface area contributed by atoms with Gasteiger partial charge in [0, 0.05) is 38.1 Å². The molecular weight excluding hydrogens is 250 g/mol. The fraction of sp³-hybridized carbons (Fsp3) is 0.312. The van der Waals surface area contributed by atoms with Crippen LogP contribution < -0.4 is 10.2 Å². The van der Waals surface area contributed by atoms with Crippen LogP contribution in [0, 0.1) is 0 Å². The maximum absolute atomic E-state index is 9.28. The molecule has 106 valence electrons. The maximum Gasteiger partial charge on any atom is 0.0709 e. The highest BCUT2D eigenvalue weighted by atomic mass is 16.3. The Bertz CT molecular complexity index is 582. The van der Waals surface area contributed by atoms with Crippen molar-refractivity contribution in [2.24, 2.45) is 0 Å². The lowest BCUT2D eigenvalue weighted by Gasteiger charge is -2.17. The molecule has 2 N–H and O–H groups in total. The van der Waals surface area contributed by atoms with Gasteiger partial charge in [-0.3, -0.25) is 4.98 Å². The Kier molecular flexibility index (Phi) is 4.71. The zero-order valence-corrected chi connectivity index (χ0v) is 12.2. The number of hydrogen-bond acceptors (Lipinski definition) is 4. The number of rotatable bonds is 5. The fourth-order valence-corrected chi connectivity index (χ4v) is 2.15. The molecule has 0 radical (unpaired) electrons. The van der Waals surface area contributed by atoms with Crippen molar-refractivity contribution in [3.63, 3.8) is 0 Å². The Morgan fingerprint density at radius 2 is 2.00 bits per heavy atom. The summed E-state index contributed by atoms with van der Waals surface area (Å²) in [4.78, 5) is 6.52. The Balaban J connectivity index is 2.52. The van der Waals surface area contributed by atoms with Crippen molar-refractivity contribution in [1.82, 2.24) is 10.3 Å². The van der Waals surface area contributed by atoms with Crippen molar-refractivity contribution in [1.29, 1.82) is 0 Å². The van der Waals surface area contributed by atoms with Crippen LogP contribution in [0.5, 0.6) is 0 Å². The minimum absolute atomic E-state index is 0.0320. The first kappa shape index (κ1) is 14.5. The molecule has 0 saturated carbocycles. The second-order valence-corrected chi connectivity index (χ2v) is 4.97. The van der Waals surface area contributed by atoms with E-state index in [9.17, 15) is 5.11 Å². The van der Waals surface area contributed by atoms with Crippen LogP contribution in [-0.2, 0) is 13.2 Å². The summed E-state index contributed by atoms with van der Waals surface area (Å²) in [5.41, 5.74) is 5.20. The van der Waals surface area contributed by atoms with Gasteiger partial charge in [-0.05, 0) is 42.4 Å². The topological polar surface area (TPSA) is 48.4 Å². The van der Waals surface area contributed by atoms with E-state index < -0.39 is 0 Å². The van der Waals surface area contributed by atoms with E-state index >= 15 is 0 Å². The molecule has 2 aromatic rings. The van der Waals surface area contributed by atoms with Gasteiger partial charge in [0.15, 0.2) is 0 Å². The summed E-state index contributed by atoms with van der Waals surface area (Å²) in [5.74, 6) is 0. The predicted octanol–water partition coefficient (Wildman–Crippen LogP) is 2.03. The third-order valence-electron chi connectivity index (χ3n) is 3.26. The molecule has 1 heterocycles. The van der Waals surface area contributed by atoms with Crippen molar-refractivity contribution in [2.75, 3.05) is 26.0 Å². The van der Waals surface area contributed by atoms with Crippen LogP contribution >= 0.6 is 0 Å². The molecule has 20 heavy (non-hydrogen) atoms. The highest BCUT2D eigenvalue weighted by Gasteiger charge is 2.09. The number of aliphatic hydroxyl groups is 1. The number of nitrogens with zero attached hydrogens (tertiary/aromatic N) is 2. The lowest BCUT2D eigenvalue weighted by atomic mass is 10.0. The Morgan fingerprint density at radius 3 is 2.65 bits per heavy atom. The zero-order valence-electron chi connectivity index (χ0n) is 12.2. The number of benzene rings is 1. The summed E-state index contributed by atoms with van der Waals surface area (Å²) in [5, 5.41) is 12.5. The quantitative estimate of drug-likeness (QED) is 0.873. The number of aliphatic hydroxyl groups excluding tert-OH is 1. The highest BCUT2D eigenvalue weighted by molar-refractivity contribution is 5.69. The first-order valence-electron chi connectivity index (χ1n) is 6.66. The summed E-state index contributed by atoms with van der Waals surface area (Å²) in [7, 11) is 5.98. The molecule has 0 unspecified atom stereocenters. The first-order valence-corrected chi connectivity index (χ1v) is 6.66. The van der Waals surface area contributed by atoms with Gasteiger partial charge in [-0.25, -0.2) is 0 Å². The number of anilines is 1. The molecule has 0 atom stereocenters. The molecule has 4 heteroatoms. The van der Waals surface area contributed by atoms with Crippen LogP contribution in [-0.4, -0.2) is 31.2 Å². The van der Waals surface area contributed by atoms with Gasteiger partial charge >= 0.3 is 0 Å². The van der Waals surface area contributed by atoms with Gasteiger partial charge in [-0.1, -0.05) is 6.07 Å². The van der Waals surface area contributed by atoms with Gasteiger partial charge < -0.3 is 15.3 Å². The van der Waals surface area contributed by atoms with Crippen LogP contribution in [0.2, 0.25) is 0 Å². The van der Waals surface area contributed by atoms with Gasteiger partial charge in [0.1, 0.15) is 0 Å². The molecule has 0 aliphatic carbocycles. The minimum Gasteiger partial charge on any atom is -0.392 e. The summed E-state index contributed by atoms with van der Waals surface area (Å²) >= 11 is 0. The minimum atomic E-state index is 0.0320.